The van der Waals surface area contributed by atoms with Crippen LogP contribution in [0.4, 0.5) is 0 Å². The van der Waals surface area contributed by atoms with Gasteiger partial charge in [0.05, 0.1) is 0 Å². The Bertz CT molecular complexity index is 357. The van der Waals surface area contributed by atoms with Gasteiger partial charge in [-0.25, -0.2) is 4.18 Å². The summed E-state index contributed by atoms with van der Waals surface area (Å²) < 4.78 is 32.9. The van der Waals surface area contributed by atoms with Crippen LogP contribution in [0.3, 0.4) is 0 Å². The van der Waals surface area contributed by atoms with Crippen LogP contribution in [-0.4, -0.2) is 23.9 Å². The molecule has 1 rings (SSSR count). The molecule has 0 aliphatic heterocycles. The maximum Gasteiger partial charge on any atom is 0.400 e. The first-order chi connectivity index (χ1) is 5.81. The van der Waals surface area contributed by atoms with Crippen molar-refractivity contribution >= 4 is 10.4 Å². The van der Waals surface area contributed by atoms with Crippen LogP contribution in [-0.2, 0) is 14.6 Å². The van der Waals surface area contributed by atoms with E-state index in [4.69, 9.17) is 10.3 Å². The third-order valence-electron chi connectivity index (χ3n) is 1.42. The van der Waals surface area contributed by atoms with E-state index < -0.39 is 16.2 Å². The number of allylic oxidation sites excluding steroid dienone is 1. The van der Waals surface area contributed by atoms with Gasteiger partial charge in [-0.3, -0.25) is 4.55 Å². The molecule has 13 heavy (non-hydrogen) atoms. The van der Waals surface area contributed by atoms with Gasteiger partial charge in [0.15, 0.2) is 0 Å². The number of hydrogen-bond acceptors (Lipinski definition) is 5. The molecule has 0 bridgehead atoms. The molecule has 0 aromatic heterocycles. The zero-order valence-corrected chi connectivity index (χ0v) is 7.36. The van der Waals surface area contributed by atoms with Crippen molar-refractivity contribution in [2.75, 3.05) is 0 Å². The van der Waals surface area contributed by atoms with Crippen LogP contribution in [0, 0.1) is 0 Å². The van der Waals surface area contributed by atoms with Crippen LogP contribution in [0.2, 0.25) is 0 Å². The maximum absolute atomic E-state index is 10.3. The van der Waals surface area contributed by atoms with Crippen molar-refractivity contribution < 1.29 is 22.3 Å². The lowest BCUT2D eigenvalue weighted by atomic mass is 10.1. The minimum atomic E-state index is -4.67. The molecule has 0 amide bonds. The smallest absolute Gasteiger partial charge is 0.399 e. The van der Waals surface area contributed by atoms with Gasteiger partial charge in [0, 0.05) is 12.1 Å². The third kappa shape index (κ3) is 3.15. The highest BCUT2D eigenvalue weighted by Crippen LogP contribution is 2.22. The van der Waals surface area contributed by atoms with Crippen LogP contribution < -0.4 is 5.73 Å². The number of nitrogens with two attached hydrogens (primary N) is 1. The molecule has 1 atom stereocenters. The van der Waals surface area contributed by atoms with E-state index >= 15 is 0 Å². The van der Waals surface area contributed by atoms with E-state index in [1.54, 1.807) is 0 Å². The molecule has 7 heteroatoms. The van der Waals surface area contributed by atoms with Crippen molar-refractivity contribution in [1.29, 1.82) is 0 Å². The molecule has 0 spiro atoms. The summed E-state index contributed by atoms with van der Waals surface area (Å²) in [6.07, 6.45) is 3.59. The Kier molecular flexibility index (Phi) is 2.44. The second-order valence-corrected chi connectivity index (χ2v) is 3.62. The van der Waals surface area contributed by atoms with Gasteiger partial charge in [-0.15, -0.1) is 0 Å². The van der Waals surface area contributed by atoms with E-state index in [0.717, 1.165) is 6.08 Å². The molecule has 1 aliphatic carbocycles. The lowest BCUT2D eigenvalue weighted by Crippen LogP contribution is -2.33. The molecule has 6 nitrogen and oxygen atoms in total. The molecule has 1 aliphatic rings. The summed E-state index contributed by atoms with van der Waals surface area (Å²) in [6.45, 7) is 0. The summed E-state index contributed by atoms with van der Waals surface area (Å²) in [4.78, 5) is 0. The fourth-order valence-electron chi connectivity index (χ4n) is 0.871. The monoisotopic (exact) mass is 207 g/mol. The Morgan fingerprint density at radius 1 is 1.62 bits per heavy atom. The van der Waals surface area contributed by atoms with Gasteiger partial charge in [0.25, 0.3) is 0 Å². The molecular weight excluding hydrogens is 198 g/mol. The maximum atomic E-state index is 10.3. The molecule has 0 unspecified atom stereocenters. The molecule has 0 aromatic rings. The molecule has 0 radical (unpaired) electrons. The summed E-state index contributed by atoms with van der Waals surface area (Å²) in [5.74, 6) is -2.03. The molecule has 4 N–H and O–H groups in total. The van der Waals surface area contributed by atoms with E-state index in [2.05, 4.69) is 4.18 Å². The van der Waals surface area contributed by atoms with Crippen molar-refractivity contribution in [3.8, 4) is 0 Å². The minimum absolute atomic E-state index is 0.130. The van der Waals surface area contributed by atoms with Crippen LogP contribution in [0.1, 0.15) is 6.42 Å². The highest BCUT2D eigenvalue weighted by atomic mass is 32.3. The summed E-state index contributed by atoms with van der Waals surface area (Å²) in [7, 11) is -4.67. The van der Waals surface area contributed by atoms with Crippen molar-refractivity contribution in [2.45, 2.75) is 12.2 Å². The highest BCUT2D eigenvalue weighted by molar-refractivity contribution is 7.80. The zero-order valence-electron chi connectivity index (χ0n) is 6.54. The normalized spacial score (nSPS) is 28.6. The van der Waals surface area contributed by atoms with E-state index in [1.165, 1.54) is 12.2 Å². The Morgan fingerprint density at radius 3 is 2.62 bits per heavy atom. The SMILES string of the molecule is NC1=CC[C@@](O)(OS(=O)(=O)O)C=C1. The molecular formula is C6H9NO5S. The van der Waals surface area contributed by atoms with Gasteiger partial charge in [-0.05, 0) is 12.2 Å². The van der Waals surface area contributed by atoms with E-state index in [1.807, 2.05) is 0 Å². The van der Waals surface area contributed by atoms with Crippen molar-refractivity contribution in [2.24, 2.45) is 5.73 Å². The zero-order chi connectivity index (χ0) is 10.1. The minimum Gasteiger partial charge on any atom is -0.399 e. The van der Waals surface area contributed by atoms with Crippen LogP contribution >= 0.6 is 0 Å². The first-order valence-corrected chi connectivity index (χ1v) is 4.73. The van der Waals surface area contributed by atoms with Crippen LogP contribution in [0.5, 0.6) is 0 Å². The standard InChI is InChI=1S/C6H9NO5S/c7-5-1-3-6(8,4-2-5)12-13(9,10)11/h1-3,8H,4,7H2,(H,9,10,11)/t6-/m0/s1. The number of aliphatic hydroxyl groups is 1. The number of hydrogen-bond donors (Lipinski definition) is 3. The Hall–Kier alpha value is -0.890. The van der Waals surface area contributed by atoms with Gasteiger partial charge in [-0.1, -0.05) is 6.08 Å². The average molecular weight is 207 g/mol. The lowest BCUT2D eigenvalue weighted by molar-refractivity contribution is -0.0932. The largest absolute Gasteiger partial charge is 0.400 e. The molecule has 0 heterocycles. The van der Waals surface area contributed by atoms with Crippen LogP contribution in [0.15, 0.2) is 23.9 Å². The topological polar surface area (TPSA) is 110 Å². The van der Waals surface area contributed by atoms with E-state index in [0.29, 0.717) is 5.70 Å². The Labute approximate surface area is 75.3 Å². The predicted molar refractivity (Wildman–Crippen MR) is 43.6 cm³/mol. The number of rotatable bonds is 2. The predicted octanol–water partition coefficient (Wildman–Crippen LogP) is -0.703. The van der Waals surface area contributed by atoms with Crippen molar-refractivity contribution in [3.05, 3.63) is 23.9 Å². The van der Waals surface area contributed by atoms with Gasteiger partial charge >= 0.3 is 10.4 Å². The fraction of sp³-hybridized carbons (Fsp3) is 0.333. The van der Waals surface area contributed by atoms with Gasteiger partial charge in [-0.2, -0.15) is 8.42 Å². The first-order valence-electron chi connectivity index (χ1n) is 3.36. The fourth-order valence-corrected chi connectivity index (χ4v) is 1.36. The molecule has 74 valence electrons. The van der Waals surface area contributed by atoms with Crippen molar-refractivity contribution in [1.82, 2.24) is 0 Å². The van der Waals surface area contributed by atoms with E-state index in [9.17, 15) is 13.5 Å². The Morgan fingerprint density at radius 2 is 2.23 bits per heavy atom. The van der Waals surface area contributed by atoms with Gasteiger partial charge in [0.2, 0.25) is 5.79 Å². The first kappa shape index (κ1) is 10.2. The van der Waals surface area contributed by atoms with Gasteiger partial charge < -0.3 is 10.8 Å². The van der Waals surface area contributed by atoms with Crippen LogP contribution in [0.25, 0.3) is 0 Å². The third-order valence-corrected chi connectivity index (χ3v) is 1.92. The van der Waals surface area contributed by atoms with Gasteiger partial charge in [0.1, 0.15) is 0 Å². The second kappa shape index (κ2) is 3.11. The van der Waals surface area contributed by atoms with E-state index in [-0.39, 0.29) is 6.42 Å². The molecule has 0 saturated heterocycles. The summed E-state index contributed by atoms with van der Waals surface area (Å²) >= 11 is 0. The quantitative estimate of drug-likeness (QED) is 0.408. The van der Waals surface area contributed by atoms with Crippen molar-refractivity contribution in [3.63, 3.8) is 0 Å². The summed E-state index contributed by atoms with van der Waals surface area (Å²) in [5, 5.41) is 9.38. The Balaban J connectivity index is 2.77. The average Bonchev–Trinajstić information content (AvgIpc) is 1.92. The summed E-state index contributed by atoms with van der Waals surface area (Å²) in [5.41, 5.74) is 5.71. The summed E-state index contributed by atoms with van der Waals surface area (Å²) in [6, 6.07) is 0. The highest BCUT2D eigenvalue weighted by Gasteiger charge is 2.31. The molecule has 0 fully saturated rings. The second-order valence-electron chi connectivity index (χ2n) is 2.60. The lowest BCUT2D eigenvalue weighted by Gasteiger charge is -2.23. The molecule has 0 aromatic carbocycles. The molecule has 0 saturated carbocycles.